The Morgan fingerprint density at radius 2 is 1.48 bits per heavy atom. The van der Waals surface area contributed by atoms with Crippen molar-refractivity contribution < 1.29 is 47.4 Å². The summed E-state index contributed by atoms with van der Waals surface area (Å²) in [5.74, 6) is -3.88. The van der Waals surface area contributed by atoms with Crippen molar-refractivity contribution >= 4 is 24.0 Å². The molecular weight excluding hydrogens is 586 g/mol. The number of carbonyl (C=O) groups excluding carboxylic acids is 3. The van der Waals surface area contributed by atoms with E-state index in [1.165, 1.54) is 24.3 Å². The third-order valence-electron chi connectivity index (χ3n) is 5.93. The molecule has 15 heteroatoms. The highest BCUT2D eigenvalue weighted by atomic mass is 19.3. The van der Waals surface area contributed by atoms with E-state index in [9.17, 15) is 38.4 Å². The summed E-state index contributed by atoms with van der Waals surface area (Å²) in [5.41, 5.74) is 0.105. The fraction of sp³-hybridized carbons (Fsp3) is 0.483. The number of rotatable bonds is 15. The first-order valence-electron chi connectivity index (χ1n) is 13.8. The van der Waals surface area contributed by atoms with Crippen molar-refractivity contribution in [3.63, 3.8) is 0 Å². The van der Waals surface area contributed by atoms with Crippen LogP contribution in [0.25, 0.3) is 0 Å². The monoisotopic (exact) mass is 624 g/mol. The number of aliphatic hydroxyl groups is 1. The molecule has 0 radical (unpaired) electrons. The first-order chi connectivity index (χ1) is 20.7. The van der Waals surface area contributed by atoms with Crippen LogP contribution < -0.4 is 16.0 Å². The molecule has 4 N–H and O–H groups in total. The summed E-state index contributed by atoms with van der Waals surface area (Å²) in [6.07, 6.45) is -4.99. The normalized spacial score (nSPS) is 12.8. The van der Waals surface area contributed by atoms with Crippen LogP contribution in [-0.4, -0.2) is 65.1 Å². The molecule has 2 aromatic rings. The van der Waals surface area contributed by atoms with Gasteiger partial charge in [-0.1, -0.05) is 30.3 Å². The number of carbonyl (C=O) groups is 3. The van der Waals surface area contributed by atoms with E-state index in [1.54, 1.807) is 45.0 Å². The number of alkyl carbamates (subject to hydrolysis) is 3. The van der Waals surface area contributed by atoms with Gasteiger partial charge in [0, 0.05) is 18.7 Å². The third kappa shape index (κ3) is 13.6. The lowest BCUT2D eigenvalue weighted by Crippen LogP contribution is -2.55. The molecule has 0 heterocycles. The molecule has 0 fully saturated rings. The average Bonchev–Trinajstić information content (AvgIpc) is 2.96. The Balaban J connectivity index is 1.93. The second kappa shape index (κ2) is 16.9. The van der Waals surface area contributed by atoms with Crippen molar-refractivity contribution in [1.82, 2.24) is 16.0 Å². The van der Waals surface area contributed by atoms with E-state index in [-0.39, 0.29) is 38.3 Å². The number of hydrogen-bond donors (Lipinski definition) is 4. The smallest absolute Gasteiger partial charge is 0.407 e. The van der Waals surface area contributed by atoms with Gasteiger partial charge in [0.05, 0.1) is 17.5 Å². The van der Waals surface area contributed by atoms with Crippen molar-refractivity contribution in [2.24, 2.45) is 0 Å². The maximum Gasteiger partial charge on any atom is 0.407 e. The number of halogens is 2. The molecule has 0 aromatic heterocycles. The van der Waals surface area contributed by atoms with Gasteiger partial charge in [-0.2, -0.15) is 0 Å². The summed E-state index contributed by atoms with van der Waals surface area (Å²) < 4.78 is 45.0. The number of hydrogen-bond acceptors (Lipinski definition) is 9. The van der Waals surface area contributed by atoms with Gasteiger partial charge in [0.2, 0.25) is 0 Å². The predicted molar refractivity (Wildman–Crippen MR) is 154 cm³/mol. The summed E-state index contributed by atoms with van der Waals surface area (Å²) in [5, 5.41) is 28.0. The van der Waals surface area contributed by atoms with Gasteiger partial charge in [-0.05, 0) is 63.3 Å². The van der Waals surface area contributed by atoms with Crippen molar-refractivity contribution in [1.29, 1.82) is 0 Å². The molecule has 2 atom stereocenters. The van der Waals surface area contributed by atoms with Gasteiger partial charge in [-0.3, -0.25) is 10.1 Å². The summed E-state index contributed by atoms with van der Waals surface area (Å²) in [6, 6.07) is 12.7. The quantitative estimate of drug-likeness (QED) is 0.0937. The van der Waals surface area contributed by atoms with Gasteiger partial charge in [-0.25, -0.2) is 23.2 Å². The number of aliphatic hydroxyl groups excluding tert-OH is 1. The second-order valence-electron chi connectivity index (χ2n) is 10.8. The zero-order valence-electron chi connectivity index (χ0n) is 24.7. The minimum absolute atomic E-state index is 0.0687. The van der Waals surface area contributed by atoms with E-state index in [2.05, 4.69) is 10.6 Å². The first kappa shape index (κ1) is 35.7. The average molecular weight is 625 g/mol. The lowest BCUT2D eigenvalue weighted by atomic mass is 9.99. The molecule has 0 aliphatic rings. The molecule has 0 saturated heterocycles. The Kier molecular flexibility index (Phi) is 13.7. The summed E-state index contributed by atoms with van der Waals surface area (Å²) in [6.45, 7) is 3.28. The Morgan fingerprint density at radius 3 is 2.07 bits per heavy atom. The van der Waals surface area contributed by atoms with E-state index in [0.29, 0.717) is 12.0 Å². The standard InChI is InChI=1S/C29H38F2N4O9/c1-28(2,3)44-26(38)33-19-29(30,31)24(36)23(34-27(39)43-18-21-12-14-22(15-13-21)35(40)41)11-7-8-16-32-25(37)42-17-20-9-5-4-6-10-20/h4-6,9-10,12-15,23-24,36H,7-8,11,16-19H2,1-3H3,(H,32,37)(H,33,38)(H,34,39). The first-order valence-corrected chi connectivity index (χ1v) is 13.8. The number of nitrogens with one attached hydrogen (secondary N) is 3. The highest BCUT2D eigenvalue weighted by Crippen LogP contribution is 2.23. The molecule has 242 valence electrons. The van der Waals surface area contributed by atoms with Crippen LogP contribution in [0.3, 0.4) is 0 Å². The van der Waals surface area contributed by atoms with Gasteiger partial charge < -0.3 is 35.3 Å². The minimum Gasteiger partial charge on any atom is -0.445 e. The molecule has 0 spiro atoms. The van der Waals surface area contributed by atoms with Crippen LogP contribution in [0.5, 0.6) is 0 Å². The van der Waals surface area contributed by atoms with Crippen LogP contribution in [0.4, 0.5) is 28.9 Å². The number of ether oxygens (including phenoxy) is 3. The fourth-order valence-electron chi connectivity index (χ4n) is 3.72. The summed E-state index contributed by atoms with van der Waals surface area (Å²) in [4.78, 5) is 46.5. The molecule has 0 aliphatic carbocycles. The molecule has 2 unspecified atom stereocenters. The van der Waals surface area contributed by atoms with Crippen LogP contribution in [0, 0.1) is 10.1 Å². The molecule has 44 heavy (non-hydrogen) atoms. The maximum absolute atomic E-state index is 14.9. The Bertz CT molecular complexity index is 1230. The molecule has 2 rings (SSSR count). The van der Waals surface area contributed by atoms with E-state index >= 15 is 0 Å². The number of alkyl halides is 2. The van der Waals surface area contributed by atoms with Crippen molar-refractivity contribution in [3.8, 4) is 0 Å². The lowest BCUT2D eigenvalue weighted by Gasteiger charge is -2.30. The number of non-ortho nitro benzene ring substituents is 1. The molecule has 3 amide bonds. The molecule has 0 saturated carbocycles. The van der Waals surface area contributed by atoms with Crippen molar-refractivity contribution in [2.45, 2.75) is 76.9 Å². The van der Waals surface area contributed by atoms with Gasteiger partial charge in [0.15, 0.2) is 0 Å². The summed E-state index contributed by atoms with van der Waals surface area (Å²) >= 11 is 0. The predicted octanol–water partition coefficient (Wildman–Crippen LogP) is 4.81. The Hall–Kier alpha value is -4.53. The highest BCUT2D eigenvalue weighted by Gasteiger charge is 2.44. The molecule has 2 aromatic carbocycles. The van der Waals surface area contributed by atoms with Crippen LogP contribution in [0.1, 0.15) is 51.2 Å². The topological polar surface area (TPSA) is 178 Å². The zero-order chi connectivity index (χ0) is 32.8. The molecule has 0 aliphatic heterocycles. The number of benzene rings is 2. The fourth-order valence-corrected chi connectivity index (χ4v) is 3.72. The van der Waals surface area contributed by atoms with E-state index < -0.39 is 53.4 Å². The van der Waals surface area contributed by atoms with E-state index in [1.807, 2.05) is 11.4 Å². The highest BCUT2D eigenvalue weighted by molar-refractivity contribution is 5.68. The largest absolute Gasteiger partial charge is 0.445 e. The number of amides is 3. The van der Waals surface area contributed by atoms with Crippen LogP contribution in [0.2, 0.25) is 0 Å². The second-order valence-corrected chi connectivity index (χ2v) is 10.8. The third-order valence-corrected chi connectivity index (χ3v) is 5.93. The minimum atomic E-state index is -3.88. The molecule has 0 bridgehead atoms. The van der Waals surface area contributed by atoms with E-state index in [4.69, 9.17) is 14.2 Å². The van der Waals surface area contributed by atoms with Gasteiger partial charge >= 0.3 is 18.3 Å². The number of unbranched alkanes of at least 4 members (excludes halogenated alkanes) is 1. The van der Waals surface area contributed by atoms with Gasteiger partial charge in [-0.15, -0.1) is 0 Å². The number of nitro groups is 1. The Morgan fingerprint density at radius 1 is 0.886 bits per heavy atom. The zero-order valence-corrected chi connectivity index (χ0v) is 24.7. The molecule has 13 nitrogen and oxygen atoms in total. The lowest BCUT2D eigenvalue weighted by molar-refractivity contribution is -0.384. The molecular formula is C29H38F2N4O9. The summed E-state index contributed by atoms with van der Waals surface area (Å²) in [7, 11) is 0. The van der Waals surface area contributed by atoms with Crippen molar-refractivity contribution in [2.75, 3.05) is 13.1 Å². The SMILES string of the molecule is CC(C)(C)OC(=O)NCC(F)(F)C(O)C(CCCCNC(=O)OCc1ccccc1)NC(=O)OCc1ccc([N+](=O)[O-])cc1. The van der Waals surface area contributed by atoms with E-state index in [0.717, 1.165) is 5.56 Å². The number of nitro benzene ring substituents is 1. The van der Waals surface area contributed by atoms with Crippen molar-refractivity contribution in [3.05, 3.63) is 75.8 Å². The van der Waals surface area contributed by atoms with Gasteiger partial charge in [0.25, 0.3) is 11.6 Å². The van der Waals surface area contributed by atoms with Crippen LogP contribution >= 0.6 is 0 Å². The van der Waals surface area contributed by atoms with Gasteiger partial charge in [0.1, 0.15) is 24.9 Å². The number of nitrogens with zero attached hydrogens (tertiary/aromatic N) is 1. The Labute approximate surface area is 253 Å². The van der Waals surface area contributed by atoms with Crippen LogP contribution in [-0.2, 0) is 27.4 Å². The van der Waals surface area contributed by atoms with Crippen LogP contribution in [0.15, 0.2) is 54.6 Å². The maximum atomic E-state index is 14.9.